The van der Waals surface area contributed by atoms with Crippen molar-refractivity contribution in [3.05, 3.63) is 28.5 Å². The minimum absolute atomic E-state index is 0.0689. The molecule has 1 aliphatic heterocycles. The molecule has 5 nitrogen and oxygen atoms in total. The number of amides is 2. The Morgan fingerprint density at radius 2 is 2.24 bits per heavy atom. The molecule has 90 valence electrons. The van der Waals surface area contributed by atoms with Crippen LogP contribution in [0.4, 0.5) is 0 Å². The molecule has 2 rings (SSSR count). The molecule has 1 N–H and O–H groups in total. The van der Waals surface area contributed by atoms with Gasteiger partial charge in [0.05, 0.1) is 18.8 Å². The van der Waals surface area contributed by atoms with Crippen molar-refractivity contribution < 1.29 is 9.59 Å². The number of hydrogen-bond acceptors (Lipinski definition) is 3. The summed E-state index contributed by atoms with van der Waals surface area (Å²) in [5, 5.41) is 2.56. The van der Waals surface area contributed by atoms with E-state index in [9.17, 15) is 9.59 Å². The Balaban J connectivity index is 2.04. The summed E-state index contributed by atoms with van der Waals surface area (Å²) in [6.45, 7) is 0.971. The van der Waals surface area contributed by atoms with Gasteiger partial charge < -0.3 is 10.2 Å². The second kappa shape index (κ2) is 5.27. The summed E-state index contributed by atoms with van der Waals surface area (Å²) >= 11 is 3.31. The molecule has 1 aliphatic rings. The minimum atomic E-state index is -0.0791. The highest BCUT2D eigenvalue weighted by atomic mass is 79.9. The zero-order valence-corrected chi connectivity index (χ0v) is 10.7. The second-order valence-electron chi connectivity index (χ2n) is 3.81. The van der Waals surface area contributed by atoms with Crippen molar-refractivity contribution in [2.75, 3.05) is 13.1 Å². The molecule has 0 aliphatic carbocycles. The topological polar surface area (TPSA) is 62.3 Å². The van der Waals surface area contributed by atoms with E-state index in [1.165, 1.54) is 0 Å². The Hall–Kier alpha value is -1.43. The quantitative estimate of drug-likeness (QED) is 0.874. The molecule has 0 unspecified atom stereocenters. The first kappa shape index (κ1) is 12.0. The number of hydrogen-bond donors (Lipinski definition) is 1. The summed E-state index contributed by atoms with van der Waals surface area (Å²) in [4.78, 5) is 28.7. The van der Waals surface area contributed by atoms with Gasteiger partial charge in [0, 0.05) is 23.6 Å². The SMILES string of the molecule is O=C1CCN(Cc2ccc(Br)cn2)C(=O)CN1. The standard InChI is InChI=1S/C11H12BrN3O2/c12-8-1-2-9(13-5-8)7-15-4-3-10(16)14-6-11(15)17/h1-2,5H,3-4,6-7H2,(H,14,16). The van der Waals surface area contributed by atoms with Crippen LogP contribution in [0.2, 0.25) is 0 Å². The molecule has 1 aromatic heterocycles. The van der Waals surface area contributed by atoms with Crippen LogP contribution in [0.25, 0.3) is 0 Å². The Kier molecular flexibility index (Phi) is 3.73. The fourth-order valence-electron chi connectivity index (χ4n) is 1.60. The lowest BCUT2D eigenvalue weighted by Crippen LogP contribution is -2.34. The fraction of sp³-hybridized carbons (Fsp3) is 0.364. The number of aromatic nitrogens is 1. The molecule has 0 atom stereocenters. The van der Waals surface area contributed by atoms with E-state index in [-0.39, 0.29) is 18.4 Å². The second-order valence-corrected chi connectivity index (χ2v) is 4.73. The van der Waals surface area contributed by atoms with E-state index in [2.05, 4.69) is 26.2 Å². The molecule has 17 heavy (non-hydrogen) atoms. The lowest BCUT2D eigenvalue weighted by atomic mass is 10.3. The van der Waals surface area contributed by atoms with Crippen molar-refractivity contribution in [1.82, 2.24) is 15.2 Å². The summed E-state index contributed by atoms with van der Waals surface area (Å²) < 4.78 is 0.903. The van der Waals surface area contributed by atoms with Gasteiger partial charge in [-0.25, -0.2) is 0 Å². The molecule has 1 aromatic rings. The summed E-state index contributed by atoms with van der Waals surface area (Å²) in [5.74, 6) is -0.148. The number of carbonyl (C=O) groups is 2. The van der Waals surface area contributed by atoms with Gasteiger partial charge in [0.25, 0.3) is 0 Å². The number of nitrogens with one attached hydrogen (secondary N) is 1. The molecule has 2 amide bonds. The highest BCUT2D eigenvalue weighted by molar-refractivity contribution is 9.10. The monoisotopic (exact) mass is 297 g/mol. The third-order valence-corrected chi connectivity index (χ3v) is 3.01. The first-order valence-electron chi connectivity index (χ1n) is 5.30. The van der Waals surface area contributed by atoms with Crippen LogP contribution in [0.3, 0.4) is 0 Å². The molecule has 2 heterocycles. The molecule has 0 saturated carbocycles. The largest absolute Gasteiger partial charge is 0.347 e. The van der Waals surface area contributed by atoms with Crippen LogP contribution in [0, 0.1) is 0 Å². The zero-order chi connectivity index (χ0) is 12.3. The first-order valence-corrected chi connectivity index (χ1v) is 6.09. The first-order chi connectivity index (χ1) is 8.15. The minimum Gasteiger partial charge on any atom is -0.347 e. The van der Waals surface area contributed by atoms with E-state index in [1.807, 2.05) is 12.1 Å². The van der Waals surface area contributed by atoms with E-state index in [1.54, 1.807) is 11.1 Å². The maximum atomic E-state index is 11.7. The molecule has 0 spiro atoms. The number of rotatable bonds is 2. The van der Waals surface area contributed by atoms with Crippen molar-refractivity contribution in [2.24, 2.45) is 0 Å². The summed E-state index contributed by atoms with van der Waals surface area (Å²) in [5.41, 5.74) is 0.816. The Bertz CT molecular complexity index is 433. The van der Waals surface area contributed by atoms with Gasteiger partial charge in [0.15, 0.2) is 0 Å². The van der Waals surface area contributed by atoms with E-state index in [0.717, 1.165) is 10.2 Å². The lowest BCUT2D eigenvalue weighted by Gasteiger charge is -2.18. The van der Waals surface area contributed by atoms with Gasteiger partial charge in [0.1, 0.15) is 0 Å². The number of carbonyl (C=O) groups excluding carboxylic acids is 2. The van der Waals surface area contributed by atoms with Crippen molar-refractivity contribution in [2.45, 2.75) is 13.0 Å². The molecule has 0 aromatic carbocycles. The smallest absolute Gasteiger partial charge is 0.242 e. The van der Waals surface area contributed by atoms with Gasteiger partial charge in [-0.05, 0) is 28.1 Å². The van der Waals surface area contributed by atoms with Gasteiger partial charge in [0.2, 0.25) is 11.8 Å². The van der Waals surface area contributed by atoms with E-state index < -0.39 is 0 Å². The third kappa shape index (κ3) is 3.26. The Morgan fingerprint density at radius 3 is 2.94 bits per heavy atom. The van der Waals surface area contributed by atoms with Crippen LogP contribution in [-0.4, -0.2) is 34.8 Å². The predicted molar refractivity (Wildman–Crippen MR) is 65.0 cm³/mol. The van der Waals surface area contributed by atoms with E-state index in [4.69, 9.17) is 0 Å². The van der Waals surface area contributed by atoms with Crippen LogP contribution in [0.1, 0.15) is 12.1 Å². The van der Waals surface area contributed by atoms with Crippen LogP contribution in [-0.2, 0) is 16.1 Å². The van der Waals surface area contributed by atoms with E-state index >= 15 is 0 Å². The predicted octanol–water partition coefficient (Wildman–Crippen LogP) is 0.693. The summed E-state index contributed by atoms with van der Waals surface area (Å²) in [6.07, 6.45) is 2.04. The van der Waals surface area contributed by atoms with Crippen LogP contribution < -0.4 is 5.32 Å². The van der Waals surface area contributed by atoms with Gasteiger partial charge >= 0.3 is 0 Å². The maximum Gasteiger partial charge on any atom is 0.242 e. The molecule has 1 fully saturated rings. The van der Waals surface area contributed by atoms with Gasteiger partial charge in [-0.2, -0.15) is 0 Å². The highest BCUT2D eigenvalue weighted by Crippen LogP contribution is 2.10. The summed E-state index contributed by atoms with van der Waals surface area (Å²) in [6, 6.07) is 3.74. The van der Waals surface area contributed by atoms with Gasteiger partial charge in [-0.3, -0.25) is 14.6 Å². The molecular formula is C11H12BrN3O2. The van der Waals surface area contributed by atoms with Gasteiger partial charge in [-0.1, -0.05) is 0 Å². The number of nitrogens with zero attached hydrogens (tertiary/aromatic N) is 2. The highest BCUT2D eigenvalue weighted by Gasteiger charge is 2.20. The molecule has 1 saturated heterocycles. The third-order valence-electron chi connectivity index (χ3n) is 2.54. The average molecular weight is 298 g/mol. The number of pyridine rings is 1. The van der Waals surface area contributed by atoms with Crippen LogP contribution in [0.15, 0.2) is 22.8 Å². The van der Waals surface area contributed by atoms with Crippen molar-refractivity contribution in [3.8, 4) is 0 Å². The van der Waals surface area contributed by atoms with Crippen molar-refractivity contribution in [1.29, 1.82) is 0 Å². The molecule has 6 heteroatoms. The molecule has 0 bridgehead atoms. The lowest BCUT2D eigenvalue weighted by molar-refractivity contribution is -0.130. The zero-order valence-electron chi connectivity index (χ0n) is 9.15. The summed E-state index contributed by atoms with van der Waals surface area (Å²) in [7, 11) is 0. The van der Waals surface area contributed by atoms with Crippen molar-refractivity contribution in [3.63, 3.8) is 0 Å². The normalized spacial score (nSPS) is 16.6. The van der Waals surface area contributed by atoms with Gasteiger partial charge in [-0.15, -0.1) is 0 Å². The molecular weight excluding hydrogens is 286 g/mol. The number of halogens is 1. The Labute approximate surface area is 107 Å². The fourth-order valence-corrected chi connectivity index (χ4v) is 1.83. The van der Waals surface area contributed by atoms with E-state index in [0.29, 0.717) is 19.5 Å². The molecule has 0 radical (unpaired) electrons. The maximum absolute atomic E-state index is 11.7. The van der Waals surface area contributed by atoms with Crippen molar-refractivity contribution >= 4 is 27.7 Å². The Morgan fingerprint density at radius 1 is 1.41 bits per heavy atom. The van der Waals surface area contributed by atoms with Crippen LogP contribution >= 0.6 is 15.9 Å². The van der Waals surface area contributed by atoms with Crippen LogP contribution in [0.5, 0.6) is 0 Å². The average Bonchev–Trinajstić information content (AvgIpc) is 2.47.